The fourth-order valence-electron chi connectivity index (χ4n) is 4.87. The van der Waals surface area contributed by atoms with Crippen LogP contribution in [0.2, 0.25) is 5.28 Å². The van der Waals surface area contributed by atoms with Crippen LogP contribution in [-0.2, 0) is 22.7 Å². The van der Waals surface area contributed by atoms with E-state index in [-0.39, 0.29) is 29.6 Å². The van der Waals surface area contributed by atoms with Crippen molar-refractivity contribution < 1.29 is 14.4 Å². The largest absolute Gasteiger partial charge is 0.333 e. The number of amides is 3. The maximum Gasteiger partial charge on any atom is 0.255 e. The third kappa shape index (κ3) is 4.28. The van der Waals surface area contributed by atoms with Crippen molar-refractivity contribution in [3.8, 4) is 0 Å². The molecule has 11 heteroatoms. The van der Waals surface area contributed by atoms with E-state index in [9.17, 15) is 14.4 Å². The number of imide groups is 1. The van der Waals surface area contributed by atoms with Gasteiger partial charge in [0.1, 0.15) is 12.4 Å². The number of hydrogen-bond acceptors (Lipinski definition) is 8. The van der Waals surface area contributed by atoms with Crippen molar-refractivity contribution in [2.45, 2.75) is 50.9 Å². The van der Waals surface area contributed by atoms with Gasteiger partial charge in [-0.3, -0.25) is 19.7 Å². The predicted molar refractivity (Wildman–Crippen MR) is 119 cm³/mol. The summed E-state index contributed by atoms with van der Waals surface area (Å²) in [6.45, 7) is 2.63. The monoisotopic (exact) mass is 469 g/mol. The Morgan fingerprint density at radius 1 is 1.12 bits per heavy atom. The zero-order valence-electron chi connectivity index (χ0n) is 18.0. The van der Waals surface area contributed by atoms with Crippen molar-refractivity contribution >= 4 is 35.3 Å². The molecule has 2 aromatic rings. The molecule has 0 spiro atoms. The number of hydrogen-bond donors (Lipinski definition) is 2. The average Bonchev–Trinajstić information content (AvgIpc) is 3.15. The van der Waals surface area contributed by atoms with Crippen LogP contribution in [0.15, 0.2) is 24.5 Å². The SMILES string of the molecule is O=C1CCC(N2Cc3c(CN(c4ncnc(Cl)n4)C4CCNCC4)cccc3C2=O)C(=O)N1. The molecule has 1 unspecified atom stereocenters. The van der Waals surface area contributed by atoms with Crippen molar-refractivity contribution in [3.63, 3.8) is 0 Å². The van der Waals surface area contributed by atoms with Crippen molar-refractivity contribution in [1.29, 1.82) is 0 Å². The molecule has 172 valence electrons. The Labute approximate surface area is 195 Å². The first-order valence-corrected chi connectivity index (χ1v) is 11.5. The van der Waals surface area contributed by atoms with Gasteiger partial charge in [0.2, 0.25) is 23.0 Å². The molecule has 0 bridgehead atoms. The van der Waals surface area contributed by atoms with Gasteiger partial charge in [0.15, 0.2) is 0 Å². The van der Waals surface area contributed by atoms with Gasteiger partial charge >= 0.3 is 0 Å². The van der Waals surface area contributed by atoms with Crippen LogP contribution in [0.3, 0.4) is 0 Å². The summed E-state index contributed by atoms with van der Waals surface area (Å²) in [7, 11) is 0. The number of nitrogens with one attached hydrogen (secondary N) is 2. The molecule has 4 heterocycles. The molecule has 0 aliphatic carbocycles. The fraction of sp³-hybridized carbons (Fsp3) is 0.455. The number of piperidine rings is 2. The van der Waals surface area contributed by atoms with E-state index in [2.05, 4.69) is 30.5 Å². The zero-order valence-corrected chi connectivity index (χ0v) is 18.7. The number of rotatable bonds is 5. The first-order valence-electron chi connectivity index (χ1n) is 11.1. The van der Waals surface area contributed by atoms with Crippen LogP contribution in [0.5, 0.6) is 0 Å². The Balaban J connectivity index is 1.44. The Morgan fingerprint density at radius 2 is 1.94 bits per heavy atom. The van der Waals surface area contributed by atoms with Crippen LogP contribution >= 0.6 is 11.6 Å². The van der Waals surface area contributed by atoms with Crippen molar-refractivity contribution in [2.75, 3.05) is 18.0 Å². The van der Waals surface area contributed by atoms with Gasteiger partial charge in [0.05, 0.1) is 0 Å². The van der Waals surface area contributed by atoms with E-state index < -0.39 is 11.9 Å². The number of halogens is 1. The first kappa shape index (κ1) is 21.7. The molecule has 3 aliphatic heterocycles. The second-order valence-electron chi connectivity index (χ2n) is 8.51. The first-order chi connectivity index (χ1) is 16.0. The van der Waals surface area contributed by atoms with Gasteiger partial charge in [-0.1, -0.05) is 12.1 Å². The van der Waals surface area contributed by atoms with E-state index in [1.165, 1.54) is 6.33 Å². The Bertz CT molecular complexity index is 1110. The average molecular weight is 470 g/mol. The lowest BCUT2D eigenvalue weighted by molar-refractivity contribution is -0.136. The van der Waals surface area contributed by atoms with E-state index in [1.807, 2.05) is 12.1 Å². The Morgan fingerprint density at radius 3 is 2.70 bits per heavy atom. The highest BCUT2D eigenvalue weighted by Crippen LogP contribution is 2.32. The third-order valence-electron chi connectivity index (χ3n) is 6.56. The molecular formula is C22H24ClN7O3. The quantitative estimate of drug-likeness (QED) is 0.623. The molecular weight excluding hydrogens is 446 g/mol. The summed E-state index contributed by atoms with van der Waals surface area (Å²) < 4.78 is 0. The number of benzene rings is 1. The minimum Gasteiger partial charge on any atom is -0.333 e. The Kier molecular flexibility index (Phi) is 5.94. The molecule has 2 saturated heterocycles. The molecule has 0 saturated carbocycles. The summed E-state index contributed by atoms with van der Waals surface area (Å²) in [4.78, 5) is 53.4. The second kappa shape index (κ2) is 9.03. The predicted octanol–water partition coefficient (Wildman–Crippen LogP) is 1.04. The van der Waals surface area contributed by atoms with Crippen LogP contribution in [0.4, 0.5) is 5.95 Å². The van der Waals surface area contributed by atoms with Crippen LogP contribution in [0.25, 0.3) is 0 Å². The van der Waals surface area contributed by atoms with Gasteiger partial charge in [-0.25, -0.2) is 9.97 Å². The maximum absolute atomic E-state index is 13.2. The summed E-state index contributed by atoms with van der Waals surface area (Å²) in [5.74, 6) is -0.385. The van der Waals surface area contributed by atoms with Gasteiger partial charge in [-0.2, -0.15) is 4.98 Å². The van der Waals surface area contributed by atoms with Crippen molar-refractivity contribution in [3.05, 3.63) is 46.5 Å². The van der Waals surface area contributed by atoms with Crippen LogP contribution in [0, 0.1) is 0 Å². The lowest BCUT2D eigenvalue weighted by Crippen LogP contribution is -2.52. The van der Waals surface area contributed by atoms with Crippen molar-refractivity contribution in [2.24, 2.45) is 0 Å². The summed E-state index contributed by atoms with van der Waals surface area (Å²) in [5.41, 5.74) is 2.47. The van der Waals surface area contributed by atoms with Crippen molar-refractivity contribution in [1.82, 2.24) is 30.5 Å². The van der Waals surface area contributed by atoms with E-state index in [4.69, 9.17) is 11.6 Å². The lowest BCUT2D eigenvalue weighted by Gasteiger charge is -2.35. The topological polar surface area (TPSA) is 120 Å². The molecule has 1 aromatic carbocycles. The molecule has 33 heavy (non-hydrogen) atoms. The normalized spacial score (nSPS) is 21.2. The van der Waals surface area contributed by atoms with Crippen LogP contribution in [0.1, 0.15) is 47.2 Å². The summed E-state index contributed by atoms with van der Waals surface area (Å²) in [6, 6.07) is 5.22. The lowest BCUT2D eigenvalue weighted by atomic mass is 10.00. The summed E-state index contributed by atoms with van der Waals surface area (Å²) >= 11 is 6.06. The fourth-order valence-corrected chi connectivity index (χ4v) is 4.99. The van der Waals surface area contributed by atoms with Crippen LogP contribution < -0.4 is 15.5 Å². The maximum atomic E-state index is 13.2. The molecule has 5 rings (SSSR count). The molecule has 1 atom stereocenters. The van der Waals surface area contributed by atoms with Gasteiger partial charge < -0.3 is 15.1 Å². The molecule has 3 aliphatic rings. The van der Waals surface area contributed by atoms with E-state index in [0.29, 0.717) is 31.0 Å². The zero-order chi connectivity index (χ0) is 22.9. The minimum atomic E-state index is -0.640. The molecule has 0 radical (unpaired) electrons. The number of aromatic nitrogens is 3. The molecule has 1 aromatic heterocycles. The number of carbonyl (C=O) groups excluding carboxylic acids is 3. The highest BCUT2D eigenvalue weighted by molar-refractivity contribution is 6.28. The number of anilines is 1. The number of nitrogens with zero attached hydrogens (tertiary/aromatic N) is 5. The smallest absolute Gasteiger partial charge is 0.255 e. The van der Waals surface area contributed by atoms with Gasteiger partial charge in [-0.15, -0.1) is 0 Å². The standard InChI is InChI=1S/C22H24ClN7O3/c23-21-25-12-26-22(28-21)29(14-6-8-24-9-7-14)10-13-2-1-3-15-16(13)11-30(20(15)33)17-4-5-18(31)27-19(17)32/h1-3,12,14,17,24H,4-11H2,(H,27,31,32). The van der Waals surface area contributed by atoms with Gasteiger partial charge in [-0.05, 0) is 61.1 Å². The molecule has 3 amide bonds. The Hall–Kier alpha value is -3.11. The molecule has 2 fully saturated rings. The third-order valence-corrected chi connectivity index (χ3v) is 6.74. The summed E-state index contributed by atoms with van der Waals surface area (Å²) in [5, 5.41) is 5.86. The second-order valence-corrected chi connectivity index (χ2v) is 8.84. The molecule has 10 nitrogen and oxygen atoms in total. The van der Waals surface area contributed by atoms with E-state index in [1.54, 1.807) is 11.0 Å². The number of fused-ring (bicyclic) bond motifs is 1. The van der Waals surface area contributed by atoms with Gasteiger partial charge in [0, 0.05) is 31.1 Å². The summed E-state index contributed by atoms with van der Waals surface area (Å²) in [6.07, 6.45) is 3.83. The van der Waals surface area contributed by atoms with E-state index >= 15 is 0 Å². The van der Waals surface area contributed by atoms with E-state index in [0.717, 1.165) is 37.1 Å². The van der Waals surface area contributed by atoms with Crippen LogP contribution in [-0.4, -0.2) is 62.7 Å². The highest BCUT2D eigenvalue weighted by atomic mass is 35.5. The minimum absolute atomic E-state index is 0.136. The number of carbonyl (C=O) groups is 3. The molecule has 2 N–H and O–H groups in total. The van der Waals surface area contributed by atoms with Gasteiger partial charge in [0.25, 0.3) is 5.91 Å². The highest BCUT2D eigenvalue weighted by Gasteiger charge is 2.40.